The van der Waals surface area contributed by atoms with E-state index in [0.29, 0.717) is 16.7 Å². The quantitative estimate of drug-likeness (QED) is 0.736. The fourth-order valence-electron chi connectivity index (χ4n) is 8.56. The minimum absolute atomic E-state index is 0.353. The van der Waals surface area contributed by atoms with Crippen molar-refractivity contribution in [3.05, 3.63) is 0 Å². The molecule has 25 heavy (non-hydrogen) atoms. The van der Waals surface area contributed by atoms with Crippen LogP contribution in [0.3, 0.4) is 0 Å². The maximum Gasteiger partial charge on any atom is 0.0622 e. The molecule has 4 saturated carbocycles. The molecule has 0 heterocycles. The second-order valence-electron chi connectivity index (χ2n) is 10.7. The minimum Gasteiger partial charge on any atom is -0.390 e. The van der Waals surface area contributed by atoms with E-state index in [2.05, 4.69) is 20.8 Å². The fraction of sp³-hybridized carbons (Fsp3) is 1.00. The van der Waals surface area contributed by atoms with E-state index >= 15 is 0 Å². The predicted molar refractivity (Wildman–Crippen MR) is 102 cm³/mol. The van der Waals surface area contributed by atoms with Gasteiger partial charge in [-0.1, -0.05) is 20.3 Å². The van der Waals surface area contributed by atoms with Crippen LogP contribution in [0.1, 0.15) is 85.0 Å². The first kappa shape index (κ1) is 18.3. The van der Waals surface area contributed by atoms with Crippen molar-refractivity contribution in [1.29, 1.82) is 0 Å². The SMILES string of the molecule is CC[C@H]1CC[C@H]2[C@@H]3CC[C@@H]4CC(C)(O)CC[C@]4(COC)[C@H]3CC[C@]12C. The van der Waals surface area contributed by atoms with Gasteiger partial charge in [0.1, 0.15) is 0 Å². The normalized spacial score (nSPS) is 55.3. The Morgan fingerprint density at radius 2 is 1.76 bits per heavy atom. The Morgan fingerprint density at radius 1 is 0.960 bits per heavy atom. The van der Waals surface area contributed by atoms with Gasteiger partial charge in [0.15, 0.2) is 0 Å². The first-order chi connectivity index (χ1) is 11.9. The van der Waals surface area contributed by atoms with Crippen molar-refractivity contribution in [2.45, 2.75) is 90.6 Å². The Morgan fingerprint density at radius 3 is 2.48 bits per heavy atom. The molecular weight excluding hydrogens is 308 g/mol. The lowest BCUT2D eigenvalue weighted by atomic mass is 9.43. The third-order valence-corrected chi connectivity index (χ3v) is 9.75. The van der Waals surface area contributed by atoms with Crippen molar-refractivity contribution >= 4 is 0 Å². The minimum atomic E-state index is -0.446. The summed E-state index contributed by atoms with van der Waals surface area (Å²) in [7, 11) is 1.90. The Hall–Kier alpha value is -0.0800. The van der Waals surface area contributed by atoms with E-state index in [4.69, 9.17) is 4.74 Å². The summed E-state index contributed by atoms with van der Waals surface area (Å²) in [6, 6.07) is 0. The average molecular weight is 349 g/mol. The average Bonchev–Trinajstić information content (AvgIpc) is 2.91. The third kappa shape index (κ3) is 2.64. The van der Waals surface area contributed by atoms with Gasteiger partial charge in [-0.2, -0.15) is 0 Å². The van der Waals surface area contributed by atoms with Crippen molar-refractivity contribution in [2.75, 3.05) is 13.7 Å². The molecule has 0 aliphatic heterocycles. The predicted octanol–water partition coefficient (Wildman–Crippen LogP) is 5.43. The highest BCUT2D eigenvalue weighted by Crippen LogP contribution is 2.68. The molecule has 0 radical (unpaired) electrons. The number of methoxy groups -OCH3 is 1. The molecule has 4 fully saturated rings. The van der Waals surface area contributed by atoms with E-state index in [0.717, 1.165) is 43.1 Å². The largest absolute Gasteiger partial charge is 0.390 e. The topological polar surface area (TPSA) is 29.5 Å². The molecule has 144 valence electrons. The standard InChI is InChI=1S/C23H40O2/c1-5-16-7-9-19-18-8-6-17-14-21(2,24)12-13-23(17,15-25-4)20(18)10-11-22(16,19)3/h16-20,24H,5-15H2,1-4H3/t16-,17+,18-,19-,20-,21?,22+,23+/m0/s1. The van der Waals surface area contributed by atoms with Gasteiger partial charge < -0.3 is 9.84 Å². The molecule has 2 heteroatoms. The van der Waals surface area contributed by atoms with Gasteiger partial charge in [-0.15, -0.1) is 0 Å². The van der Waals surface area contributed by atoms with E-state index in [1.54, 1.807) is 0 Å². The van der Waals surface area contributed by atoms with E-state index in [9.17, 15) is 5.11 Å². The van der Waals surface area contributed by atoms with Crippen LogP contribution in [-0.4, -0.2) is 24.4 Å². The number of hydrogen-bond donors (Lipinski definition) is 1. The van der Waals surface area contributed by atoms with Crippen LogP contribution in [0.25, 0.3) is 0 Å². The van der Waals surface area contributed by atoms with E-state index < -0.39 is 5.60 Å². The molecule has 0 aromatic heterocycles. The van der Waals surface area contributed by atoms with Gasteiger partial charge in [0.2, 0.25) is 0 Å². The van der Waals surface area contributed by atoms with Crippen LogP contribution in [0, 0.1) is 40.4 Å². The number of hydrogen-bond acceptors (Lipinski definition) is 2. The molecule has 8 atom stereocenters. The van der Waals surface area contributed by atoms with Crippen LogP contribution in [0.2, 0.25) is 0 Å². The summed E-state index contributed by atoms with van der Waals surface area (Å²) in [5.74, 6) is 4.35. The third-order valence-electron chi connectivity index (χ3n) is 9.75. The Labute approximate surface area is 155 Å². The molecule has 4 rings (SSSR count). The molecule has 1 unspecified atom stereocenters. The van der Waals surface area contributed by atoms with Crippen LogP contribution in [0.4, 0.5) is 0 Å². The van der Waals surface area contributed by atoms with Crippen LogP contribution >= 0.6 is 0 Å². The van der Waals surface area contributed by atoms with Crippen molar-refractivity contribution in [1.82, 2.24) is 0 Å². The monoisotopic (exact) mass is 348 g/mol. The van der Waals surface area contributed by atoms with Gasteiger partial charge in [0.25, 0.3) is 0 Å². The zero-order valence-electron chi connectivity index (χ0n) is 17.0. The van der Waals surface area contributed by atoms with E-state index in [-0.39, 0.29) is 0 Å². The number of rotatable bonds is 3. The lowest BCUT2D eigenvalue weighted by molar-refractivity contribution is -0.174. The smallest absolute Gasteiger partial charge is 0.0622 e. The van der Waals surface area contributed by atoms with Crippen molar-refractivity contribution in [3.8, 4) is 0 Å². The number of ether oxygens (including phenoxy) is 1. The van der Waals surface area contributed by atoms with Gasteiger partial charge in [-0.25, -0.2) is 0 Å². The maximum atomic E-state index is 10.7. The molecule has 4 aliphatic rings. The molecule has 2 nitrogen and oxygen atoms in total. The second-order valence-corrected chi connectivity index (χ2v) is 10.7. The molecule has 0 amide bonds. The van der Waals surface area contributed by atoms with Crippen LogP contribution < -0.4 is 0 Å². The van der Waals surface area contributed by atoms with Crippen molar-refractivity contribution in [3.63, 3.8) is 0 Å². The highest BCUT2D eigenvalue weighted by molar-refractivity contribution is 5.11. The summed E-state index contributed by atoms with van der Waals surface area (Å²) < 4.78 is 5.86. The van der Waals surface area contributed by atoms with Crippen LogP contribution in [0.15, 0.2) is 0 Å². The maximum absolute atomic E-state index is 10.7. The summed E-state index contributed by atoms with van der Waals surface area (Å²) in [4.78, 5) is 0. The number of aliphatic hydroxyl groups is 1. The summed E-state index contributed by atoms with van der Waals surface area (Å²) in [5.41, 5.74) is 0.515. The summed E-state index contributed by atoms with van der Waals surface area (Å²) >= 11 is 0. The van der Waals surface area contributed by atoms with Crippen molar-refractivity contribution < 1.29 is 9.84 Å². The molecule has 0 aromatic carbocycles. The molecule has 0 aromatic rings. The first-order valence-corrected chi connectivity index (χ1v) is 11.1. The Kier molecular flexibility index (Phi) is 4.56. The fourth-order valence-corrected chi connectivity index (χ4v) is 8.56. The molecule has 0 spiro atoms. The van der Waals surface area contributed by atoms with Crippen molar-refractivity contribution in [2.24, 2.45) is 40.4 Å². The van der Waals surface area contributed by atoms with Gasteiger partial charge in [-0.05, 0) is 105 Å². The van der Waals surface area contributed by atoms with Gasteiger partial charge >= 0.3 is 0 Å². The molecule has 0 bridgehead atoms. The highest BCUT2D eigenvalue weighted by Gasteiger charge is 2.62. The molecular formula is C23H40O2. The Balaban J connectivity index is 1.64. The van der Waals surface area contributed by atoms with Crippen LogP contribution in [-0.2, 0) is 4.74 Å². The van der Waals surface area contributed by atoms with Gasteiger partial charge in [0, 0.05) is 7.11 Å². The summed E-state index contributed by atoms with van der Waals surface area (Å²) in [6.07, 6.45) is 13.0. The van der Waals surface area contributed by atoms with E-state index in [1.807, 2.05) is 7.11 Å². The second kappa shape index (κ2) is 6.23. The first-order valence-electron chi connectivity index (χ1n) is 11.1. The van der Waals surface area contributed by atoms with E-state index in [1.165, 1.54) is 51.4 Å². The lowest BCUT2D eigenvalue weighted by Crippen LogP contribution is -2.58. The summed E-state index contributed by atoms with van der Waals surface area (Å²) in [5, 5.41) is 10.7. The zero-order valence-corrected chi connectivity index (χ0v) is 17.0. The molecule has 0 saturated heterocycles. The zero-order chi connectivity index (χ0) is 17.9. The van der Waals surface area contributed by atoms with Gasteiger partial charge in [-0.3, -0.25) is 0 Å². The Bertz CT molecular complexity index is 500. The van der Waals surface area contributed by atoms with Crippen LogP contribution in [0.5, 0.6) is 0 Å². The number of fused-ring (bicyclic) bond motifs is 5. The summed E-state index contributed by atoms with van der Waals surface area (Å²) in [6.45, 7) is 8.04. The molecule has 4 aliphatic carbocycles. The highest BCUT2D eigenvalue weighted by atomic mass is 16.5. The lowest BCUT2D eigenvalue weighted by Gasteiger charge is -2.62. The van der Waals surface area contributed by atoms with Gasteiger partial charge in [0.05, 0.1) is 12.2 Å². The molecule has 1 N–H and O–H groups in total.